The maximum atomic E-state index is 12.7. The van der Waals surface area contributed by atoms with Crippen molar-refractivity contribution in [3.05, 3.63) is 59.0 Å². The normalized spacial score (nSPS) is 13.7. The van der Waals surface area contributed by atoms with Crippen molar-refractivity contribution >= 4 is 45.8 Å². The van der Waals surface area contributed by atoms with Crippen molar-refractivity contribution < 1.29 is 9.21 Å². The predicted molar refractivity (Wildman–Crippen MR) is 115 cm³/mol. The van der Waals surface area contributed by atoms with Crippen LogP contribution in [-0.2, 0) is 0 Å². The average Bonchev–Trinajstić information content (AvgIpc) is 3.23. The predicted octanol–water partition coefficient (Wildman–Crippen LogP) is 4.76. The van der Waals surface area contributed by atoms with Crippen molar-refractivity contribution in [3.8, 4) is 0 Å². The first-order chi connectivity index (χ1) is 13.7. The van der Waals surface area contributed by atoms with E-state index in [2.05, 4.69) is 15.5 Å². The van der Waals surface area contributed by atoms with E-state index in [0.717, 1.165) is 41.9 Å². The molecule has 0 atom stereocenters. The van der Waals surface area contributed by atoms with Gasteiger partial charge in [0.05, 0.1) is 5.69 Å². The summed E-state index contributed by atoms with van der Waals surface area (Å²) in [4.78, 5) is 28.5. The van der Waals surface area contributed by atoms with Gasteiger partial charge in [-0.05, 0) is 49.4 Å². The van der Waals surface area contributed by atoms with E-state index in [1.165, 1.54) is 0 Å². The summed E-state index contributed by atoms with van der Waals surface area (Å²) < 4.78 is 5.45. The van der Waals surface area contributed by atoms with Gasteiger partial charge in [0.25, 0.3) is 0 Å². The Hall–Kier alpha value is -2.93. The second kappa shape index (κ2) is 7.98. The number of carbonyl (C=O) groups excluding carboxylic acids is 1. The van der Waals surface area contributed by atoms with E-state index < -0.39 is 11.7 Å². The maximum absolute atomic E-state index is 12.7. The second-order valence-corrected chi connectivity index (χ2v) is 7.49. The summed E-state index contributed by atoms with van der Waals surface area (Å²) >= 11 is 1.59. The van der Waals surface area contributed by atoms with Crippen molar-refractivity contribution in [1.29, 1.82) is 0 Å². The van der Waals surface area contributed by atoms with Gasteiger partial charge in [-0.15, -0.1) is 11.8 Å². The van der Waals surface area contributed by atoms with Crippen molar-refractivity contribution in [2.75, 3.05) is 34.9 Å². The minimum atomic E-state index is -0.548. The molecule has 0 spiro atoms. The van der Waals surface area contributed by atoms with E-state index in [1.807, 2.05) is 48.7 Å². The third kappa shape index (κ3) is 3.71. The molecule has 0 unspecified atom stereocenters. The molecule has 6 nitrogen and oxygen atoms in total. The Morgan fingerprint density at radius 2 is 1.86 bits per heavy atom. The Morgan fingerprint density at radius 3 is 2.64 bits per heavy atom. The number of amides is 2. The van der Waals surface area contributed by atoms with E-state index in [0.29, 0.717) is 11.3 Å². The minimum Gasteiger partial charge on any atom is -0.421 e. The van der Waals surface area contributed by atoms with E-state index in [1.54, 1.807) is 17.8 Å². The van der Waals surface area contributed by atoms with Gasteiger partial charge >= 0.3 is 11.7 Å². The Kier molecular flexibility index (Phi) is 5.25. The maximum Gasteiger partial charge on any atom is 0.362 e. The molecule has 2 aromatic carbocycles. The number of rotatable bonds is 4. The number of hydrogen-bond acceptors (Lipinski definition) is 5. The molecule has 4 rings (SSSR count). The summed E-state index contributed by atoms with van der Waals surface area (Å²) in [5.41, 5.74) is 1.55. The number of hydrogen-bond donors (Lipinski definition) is 2. The Balaban J connectivity index is 1.69. The highest BCUT2D eigenvalue weighted by atomic mass is 32.2. The SMILES string of the molecule is CSc1cccc(NC(=O)Nc2c(N3CCCC3)c3ccccc3oc2=O)c1. The van der Waals surface area contributed by atoms with E-state index in [-0.39, 0.29) is 5.69 Å². The topological polar surface area (TPSA) is 74.6 Å². The summed E-state index contributed by atoms with van der Waals surface area (Å²) in [7, 11) is 0. The van der Waals surface area contributed by atoms with Crippen LogP contribution in [-0.4, -0.2) is 25.4 Å². The number of anilines is 3. The van der Waals surface area contributed by atoms with Gasteiger partial charge in [0, 0.05) is 29.1 Å². The molecule has 3 aromatic rings. The third-order valence-electron chi connectivity index (χ3n) is 4.77. The van der Waals surface area contributed by atoms with Crippen LogP contribution in [0.5, 0.6) is 0 Å². The molecule has 1 aliphatic heterocycles. The number of urea groups is 1. The molecular formula is C21H21N3O3S. The summed E-state index contributed by atoms with van der Waals surface area (Å²) in [6.07, 6.45) is 4.09. The first-order valence-corrected chi connectivity index (χ1v) is 10.4. The molecule has 1 aliphatic rings. The van der Waals surface area contributed by atoms with Gasteiger partial charge in [-0.2, -0.15) is 0 Å². The zero-order valence-corrected chi connectivity index (χ0v) is 16.3. The lowest BCUT2D eigenvalue weighted by molar-refractivity contribution is 0.262. The molecule has 0 radical (unpaired) electrons. The minimum absolute atomic E-state index is 0.180. The first kappa shape index (κ1) is 18.4. The quantitative estimate of drug-likeness (QED) is 0.492. The van der Waals surface area contributed by atoms with Crippen LogP contribution in [0.1, 0.15) is 12.8 Å². The molecule has 1 saturated heterocycles. The highest BCUT2D eigenvalue weighted by Gasteiger charge is 2.23. The van der Waals surface area contributed by atoms with Gasteiger partial charge in [-0.25, -0.2) is 9.59 Å². The molecule has 2 heterocycles. The summed E-state index contributed by atoms with van der Waals surface area (Å²) in [6.45, 7) is 1.69. The average molecular weight is 395 g/mol. The molecule has 144 valence electrons. The Bertz CT molecular complexity index is 1070. The lowest BCUT2D eigenvalue weighted by atomic mass is 10.1. The number of carbonyl (C=O) groups is 1. The number of fused-ring (bicyclic) bond motifs is 1. The van der Waals surface area contributed by atoms with Crippen LogP contribution < -0.4 is 21.2 Å². The molecule has 0 saturated carbocycles. The monoisotopic (exact) mass is 395 g/mol. The second-order valence-electron chi connectivity index (χ2n) is 6.61. The molecular weight excluding hydrogens is 374 g/mol. The number of para-hydroxylation sites is 1. The van der Waals surface area contributed by atoms with Gasteiger partial charge in [0.1, 0.15) is 5.58 Å². The lowest BCUT2D eigenvalue weighted by Gasteiger charge is -2.22. The summed E-state index contributed by atoms with van der Waals surface area (Å²) in [6, 6.07) is 14.5. The summed E-state index contributed by atoms with van der Waals surface area (Å²) in [5.74, 6) is 0. The van der Waals surface area contributed by atoms with E-state index in [4.69, 9.17) is 4.42 Å². The van der Waals surface area contributed by atoms with Crippen molar-refractivity contribution in [2.45, 2.75) is 17.7 Å². The van der Waals surface area contributed by atoms with Gasteiger partial charge in [-0.1, -0.05) is 18.2 Å². The third-order valence-corrected chi connectivity index (χ3v) is 5.50. The number of nitrogens with zero attached hydrogens (tertiary/aromatic N) is 1. The van der Waals surface area contributed by atoms with Crippen molar-refractivity contribution in [3.63, 3.8) is 0 Å². The molecule has 2 amide bonds. The van der Waals surface area contributed by atoms with Gasteiger partial charge in [-0.3, -0.25) is 5.32 Å². The molecule has 2 N–H and O–H groups in total. The number of nitrogens with one attached hydrogen (secondary N) is 2. The molecule has 7 heteroatoms. The zero-order valence-electron chi connectivity index (χ0n) is 15.5. The molecule has 0 aliphatic carbocycles. The van der Waals surface area contributed by atoms with Crippen LogP contribution in [0.4, 0.5) is 21.9 Å². The van der Waals surface area contributed by atoms with Crippen LogP contribution >= 0.6 is 11.8 Å². The van der Waals surface area contributed by atoms with Crippen molar-refractivity contribution in [1.82, 2.24) is 0 Å². The van der Waals surface area contributed by atoms with Gasteiger partial charge in [0.15, 0.2) is 5.69 Å². The van der Waals surface area contributed by atoms with Gasteiger partial charge in [0.2, 0.25) is 0 Å². The van der Waals surface area contributed by atoms with E-state index in [9.17, 15) is 9.59 Å². The Labute approximate surface area is 166 Å². The smallest absolute Gasteiger partial charge is 0.362 e. The van der Waals surface area contributed by atoms with Crippen LogP contribution in [0.3, 0.4) is 0 Å². The number of benzene rings is 2. The van der Waals surface area contributed by atoms with Crippen LogP contribution in [0.25, 0.3) is 11.0 Å². The van der Waals surface area contributed by atoms with Crippen LogP contribution in [0, 0.1) is 0 Å². The Morgan fingerprint density at radius 1 is 1.07 bits per heavy atom. The highest BCUT2D eigenvalue weighted by molar-refractivity contribution is 7.98. The number of thioether (sulfide) groups is 1. The summed E-state index contributed by atoms with van der Waals surface area (Å²) in [5, 5.41) is 6.35. The molecule has 1 aromatic heterocycles. The van der Waals surface area contributed by atoms with Crippen molar-refractivity contribution in [2.24, 2.45) is 0 Å². The lowest BCUT2D eigenvalue weighted by Crippen LogP contribution is -2.27. The fourth-order valence-corrected chi connectivity index (χ4v) is 3.95. The molecule has 0 bridgehead atoms. The van der Waals surface area contributed by atoms with Crippen LogP contribution in [0.2, 0.25) is 0 Å². The molecule has 1 fully saturated rings. The highest BCUT2D eigenvalue weighted by Crippen LogP contribution is 2.34. The largest absolute Gasteiger partial charge is 0.421 e. The zero-order chi connectivity index (χ0) is 19.5. The standard InChI is InChI=1S/C21H21N3O3S/c1-28-15-8-6-7-14(13-15)22-21(26)23-18-19(24-11-4-5-12-24)16-9-2-3-10-17(16)27-20(18)25/h2-3,6-10,13H,4-5,11-12H2,1H3,(H2,22,23,26). The van der Waals surface area contributed by atoms with Gasteiger partial charge < -0.3 is 14.6 Å². The fourth-order valence-electron chi connectivity index (χ4n) is 3.49. The van der Waals surface area contributed by atoms with Crippen LogP contribution in [0.15, 0.2) is 62.6 Å². The first-order valence-electron chi connectivity index (χ1n) is 9.18. The fraction of sp³-hybridized carbons (Fsp3) is 0.238. The van der Waals surface area contributed by atoms with E-state index >= 15 is 0 Å². The molecule has 28 heavy (non-hydrogen) atoms.